The minimum Gasteiger partial charge on any atom is -0.481 e. The zero-order chi connectivity index (χ0) is 14.5. The summed E-state index contributed by atoms with van der Waals surface area (Å²) in [7, 11) is 0. The predicted octanol–water partition coefficient (Wildman–Crippen LogP) is 2.02. The fraction of sp³-hybridized carbons (Fsp3) is 0.846. The molecule has 2 unspecified atom stereocenters. The fourth-order valence-electron chi connectivity index (χ4n) is 2.44. The van der Waals surface area contributed by atoms with Crippen LogP contribution in [0.1, 0.15) is 33.1 Å². The normalized spacial score (nSPS) is 24.3. The van der Waals surface area contributed by atoms with Gasteiger partial charge in [-0.1, -0.05) is 20.3 Å². The van der Waals surface area contributed by atoms with Crippen molar-refractivity contribution in [1.29, 1.82) is 0 Å². The molecule has 2 amide bonds. The summed E-state index contributed by atoms with van der Waals surface area (Å²) in [6.45, 7) is 5.51. The number of carbonyl (C=O) groups is 2. The highest BCUT2D eigenvalue weighted by Gasteiger charge is 2.45. The average Bonchev–Trinajstić information content (AvgIpc) is 2.81. The standard InChI is InChI=1S/C13H24N2O3S/c1-4-5-13(11(16)17)6-7-15(9-13)12(18)14-8-10(2)19-3/h10H,4-9H2,1-3H3,(H,14,18)(H,16,17). The van der Waals surface area contributed by atoms with Crippen molar-refractivity contribution >= 4 is 23.8 Å². The summed E-state index contributed by atoms with van der Waals surface area (Å²) in [5.41, 5.74) is -0.739. The van der Waals surface area contributed by atoms with Crippen LogP contribution in [0.4, 0.5) is 4.79 Å². The fourth-order valence-corrected chi connectivity index (χ4v) is 2.69. The number of carbonyl (C=O) groups excluding carboxylic acids is 1. The van der Waals surface area contributed by atoms with Crippen molar-refractivity contribution in [3.05, 3.63) is 0 Å². The van der Waals surface area contributed by atoms with Gasteiger partial charge in [-0.15, -0.1) is 0 Å². The molecule has 6 heteroatoms. The number of aliphatic carboxylic acids is 1. The molecule has 1 aliphatic rings. The Hall–Kier alpha value is -0.910. The first-order valence-electron chi connectivity index (χ1n) is 6.74. The molecule has 0 radical (unpaired) electrons. The molecule has 1 aliphatic heterocycles. The van der Waals surface area contributed by atoms with Gasteiger partial charge in [0, 0.05) is 24.9 Å². The van der Waals surface area contributed by atoms with Gasteiger partial charge >= 0.3 is 12.0 Å². The van der Waals surface area contributed by atoms with E-state index in [2.05, 4.69) is 5.32 Å². The zero-order valence-electron chi connectivity index (χ0n) is 11.9. The molecule has 0 spiro atoms. The molecule has 1 fully saturated rings. The first-order valence-corrected chi connectivity index (χ1v) is 8.03. The van der Waals surface area contributed by atoms with Crippen LogP contribution in [-0.2, 0) is 4.79 Å². The molecule has 0 aliphatic carbocycles. The van der Waals surface area contributed by atoms with Crippen LogP contribution in [0.2, 0.25) is 0 Å². The van der Waals surface area contributed by atoms with Gasteiger partial charge in [0.2, 0.25) is 0 Å². The molecular weight excluding hydrogens is 264 g/mol. The molecule has 19 heavy (non-hydrogen) atoms. The Bertz CT molecular complexity index is 338. The molecule has 2 atom stereocenters. The van der Waals surface area contributed by atoms with Gasteiger partial charge in [0.25, 0.3) is 0 Å². The highest BCUT2D eigenvalue weighted by Crippen LogP contribution is 2.35. The van der Waals surface area contributed by atoms with Gasteiger partial charge in [0.1, 0.15) is 0 Å². The lowest BCUT2D eigenvalue weighted by molar-refractivity contribution is -0.148. The molecule has 1 heterocycles. The molecule has 0 saturated carbocycles. The second-order valence-corrected chi connectivity index (χ2v) is 6.52. The maximum absolute atomic E-state index is 12.0. The molecule has 110 valence electrons. The van der Waals surface area contributed by atoms with E-state index in [-0.39, 0.29) is 6.03 Å². The number of amides is 2. The number of carboxylic acids is 1. The van der Waals surface area contributed by atoms with E-state index in [0.717, 1.165) is 6.42 Å². The van der Waals surface area contributed by atoms with Crippen LogP contribution in [0.25, 0.3) is 0 Å². The summed E-state index contributed by atoms with van der Waals surface area (Å²) < 4.78 is 0. The number of urea groups is 1. The molecule has 1 saturated heterocycles. The summed E-state index contributed by atoms with van der Waals surface area (Å²) in [5.74, 6) is -0.776. The van der Waals surface area contributed by atoms with Crippen LogP contribution in [-0.4, -0.2) is 53.1 Å². The number of carboxylic acid groups (broad SMARTS) is 1. The van der Waals surface area contributed by atoms with E-state index < -0.39 is 11.4 Å². The predicted molar refractivity (Wildman–Crippen MR) is 77.5 cm³/mol. The largest absolute Gasteiger partial charge is 0.481 e. The minimum atomic E-state index is -0.776. The minimum absolute atomic E-state index is 0.139. The summed E-state index contributed by atoms with van der Waals surface area (Å²) in [6.07, 6.45) is 4.02. The third-order valence-electron chi connectivity index (χ3n) is 3.77. The number of hydrogen-bond donors (Lipinski definition) is 2. The first-order chi connectivity index (χ1) is 8.95. The van der Waals surface area contributed by atoms with E-state index in [1.807, 2.05) is 20.1 Å². The van der Waals surface area contributed by atoms with Gasteiger partial charge in [-0.2, -0.15) is 11.8 Å². The van der Waals surface area contributed by atoms with Crippen molar-refractivity contribution < 1.29 is 14.7 Å². The Kier molecular flexibility index (Phi) is 5.97. The lowest BCUT2D eigenvalue weighted by atomic mass is 9.83. The van der Waals surface area contributed by atoms with Gasteiger partial charge in [-0.3, -0.25) is 4.79 Å². The van der Waals surface area contributed by atoms with Crippen molar-refractivity contribution in [2.45, 2.75) is 38.4 Å². The van der Waals surface area contributed by atoms with E-state index in [0.29, 0.717) is 37.7 Å². The lowest BCUT2D eigenvalue weighted by Gasteiger charge is -2.24. The maximum atomic E-state index is 12.0. The molecular formula is C13H24N2O3S. The van der Waals surface area contributed by atoms with Crippen molar-refractivity contribution in [3.63, 3.8) is 0 Å². The van der Waals surface area contributed by atoms with Gasteiger partial charge in [0.15, 0.2) is 0 Å². The SMILES string of the molecule is CCCC1(C(=O)O)CCN(C(=O)NCC(C)SC)C1. The van der Waals surface area contributed by atoms with Crippen LogP contribution in [0.5, 0.6) is 0 Å². The number of thioether (sulfide) groups is 1. The third-order valence-corrected chi connectivity index (χ3v) is 4.74. The van der Waals surface area contributed by atoms with E-state index in [4.69, 9.17) is 0 Å². The summed E-state index contributed by atoms with van der Waals surface area (Å²) in [5, 5.41) is 12.6. The second-order valence-electron chi connectivity index (χ2n) is 5.24. The van der Waals surface area contributed by atoms with Crippen LogP contribution in [0.15, 0.2) is 0 Å². The van der Waals surface area contributed by atoms with E-state index in [1.165, 1.54) is 0 Å². The van der Waals surface area contributed by atoms with Crippen LogP contribution in [0.3, 0.4) is 0 Å². The Morgan fingerprint density at radius 2 is 2.21 bits per heavy atom. The molecule has 5 nitrogen and oxygen atoms in total. The van der Waals surface area contributed by atoms with Crippen molar-refractivity contribution in [2.75, 3.05) is 25.9 Å². The number of nitrogens with zero attached hydrogens (tertiary/aromatic N) is 1. The topological polar surface area (TPSA) is 69.6 Å². The smallest absolute Gasteiger partial charge is 0.317 e. The van der Waals surface area contributed by atoms with Crippen molar-refractivity contribution in [2.24, 2.45) is 5.41 Å². The average molecular weight is 288 g/mol. The number of nitrogens with one attached hydrogen (secondary N) is 1. The van der Waals surface area contributed by atoms with Gasteiger partial charge < -0.3 is 15.3 Å². The van der Waals surface area contributed by atoms with Crippen molar-refractivity contribution in [1.82, 2.24) is 10.2 Å². The van der Waals surface area contributed by atoms with E-state index >= 15 is 0 Å². The van der Waals surface area contributed by atoms with Gasteiger partial charge in [-0.05, 0) is 19.1 Å². The van der Waals surface area contributed by atoms with Crippen LogP contribution >= 0.6 is 11.8 Å². The number of hydrogen-bond acceptors (Lipinski definition) is 3. The quantitative estimate of drug-likeness (QED) is 0.784. The van der Waals surface area contributed by atoms with Gasteiger partial charge in [0.05, 0.1) is 5.41 Å². The lowest BCUT2D eigenvalue weighted by Crippen LogP contribution is -2.43. The molecule has 2 N–H and O–H groups in total. The van der Waals surface area contributed by atoms with E-state index in [9.17, 15) is 14.7 Å². The second kappa shape index (κ2) is 7.03. The number of rotatable bonds is 6. The highest BCUT2D eigenvalue weighted by atomic mass is 32.2. The van der Waals surface area contributed by atoms with Gasteiger partial charge in [-0.25, -0.2) is 4.79 Å². The third kappa shape index (κ3) is 4.03. The van der Waals surface area contributed by atoms with Crippen LogP contribution in [0, 0.1) is 5.41 Å². The van der Waals surface area contributed by atoms with Crippen LogP contribution < -0.4 is 5.32 Å². The molecule has 0 aromatic carbocycles. The Morgan fingerprint density at radius 3 is 2.74 bits per heavy atom. The molecule has 1 rings (SSSR count). The summed E-state index contributed by atoms with van der Waals surface area (Å²) in [4.78, 5) is 25.1. The molecule has 0 bridgehead atoms. The Morgan fingerprint density at radius 1 is 1.53 bits per heavy atom. The van der Waals surface area contributed by atoms with E-state index in [1.54, 1.807) is 16.7 Å². The maximum Gasteiger partial charge on any atom is 0.317 e. The Balaban J connectivity index is 2.54. The zero-order valence-corrected chi connectivity index (χ0v) is 12.8. The monoisotopic (exact) mass is 288 g/mol. The number of likely N-dealkylation sites (tertiary alicyclic amines) is 1. The molecule has 0 aromatic heterocycles. The first kappa shape index (κ1) is 16.1. The summed E-state index contributed by atoms with van der Waals surface area (Å²) in [6, 6.07) is -0.139. The highest BCUT2D eigenvalue weighted by molar-refractivity contribution is 7.99. The van der Waals surface area contributed by atoms with Crippen molar-refractivity contribution in [3.8, 4) is 0 Å². The summed E-state index contributed by atoms with van der Waals surface area (Å²) >= 11 is 1.69. The molecule has 0 aromatic rings. The Labute approximate surface area is 119 Å².